The van der Waals surface area contributed by atoms with Crippen LogP contribution < -0.4 is 4.74 Å². The Morgan fingerprint density at radius 2 is 1.97 bits per heavy atom. The lowest BCUT2D eigenvalue weighted by atomic mass is 9.87. The van der Waals surface area contributed by atoms with E-state index >= 15 is 0 Å². The van der Waals surface area contributed by atoms with Gasteiger partial charge in [-0.1, -0.05) is 26.0 Å². The van der Waals surface area contributed by atoms with Crippen LogP contribution in [-0.2, 0) is 23.2 Å². The van der Waals surface area contributed by atoms with Crippen LogP contribution in [-0.4, -0.2) is 51.5 Å². The number of aromatic nitrogens is 2. The van der Waals surface area contributed by atoms with Gasteiger partial charge in [-0.2, -0.15) is 5.10 Å². The number of nitrogens with zero attached hydrogens (tertiary/aromatic N) is 3. The van der Waals surface area contributed by atoms with Crippen molar-refractivity contribution >= 4 is 12.1 Å². The zero-order chi connectivity index (χ0) is 23.3. The summed E-state index contributed by atoms with van der Waals surface area (Å²) in [5.41, 5.74) is 2.64. The lowest BCUT2D eigenvalue weighted by Crippen LogP contribution is -2.30. The van der Waals surface area contributed by atoms with Crippen LogP contribution in [0, 0.1) is 11.8 Å². The molecule has 8 nitrogen and oxygen atoms in total. The highest BCUT2D eigenvalue weighted by atomic mass is 16.6. The third kappa shape index (κ3) is 6.02. The summed E-state index contributed by atoms with van der Waals surface area (Å²) in [7, 11) is 3.56. The Morgan fingerprint density at radius 3 is 2.62 bits per heavy atom. The maximum atomic E-state index is 12.3. The van der Waals surface area contributed by atoms with Crippen LogP contribution in [0.1, 0.15) is 45.2 Å². The van der Waals surface area contributed by atoms with Gasteiger partial charge in [0.25, 0.3) is 0 Å². The number of carbonyl (C=O) groups excluding carboxylic acids is 1. The number of carboxylic acids is 1. The van der Waals surface area contributed by atoms with E-state index in [4.69, 9.17) is 9.47 Å². The molecule has 0 radical (unpaired) electrons. The van der Waals surface area contributed by atoms with E-state index in [0.717, 1.165) is 41.8 Å². The number of amides is 1. The average molecular weight is 444 g/mol. The van der Waals surface area contributed by atoms with E-state index in [1.807, 2.05) is 31.3 Å². The molecule has 1 aliphatic carbocycles. The van der Waals surface area contributed by atoms with Crippen molar-refractivity contribution < 1.29 is 24.2 Å². The molecule has 3 rings (SSSR count). The van der Waals surface area contributed by atoms with Crippen LogP contribution in [0.3, 0.4) is 0 Å². The Kier molecular flexibility index (Phi) is 7.77. The highest BCUT2D eigenvalue weighted by Crippen LogP contribution is 2.30. The number of hydrogen-bond acceptors (Lipinski definition) is 5. The topological polar surface area (TPSA) is 93.9 Å². The zero-order valence-electron chi connectivity index (χ0n) is 19.3. The lowest BCUT2D eigenvalue weighted by molar-refractivity contribution is -0.143. The number of hydrogen-bond donors (Lipinski definition) is 1. The molecule has 1 aliphatic rings. The van der Waals surface area contributed by atoms with E-state index in [-0.39, 0.29) is 24.7 Å². The Hall–Kier alpha value is -3.03. The Labute approximate surface area is 189 Å². The summed E-state index contributed by atoms with van der Waals surface area (Å²) in [5.74, 6) is 0.0169. The second-order valence-corrected chi connectivity index (χ2v) is 8.92. The summed E-state index contributed by atoms with van der Waals surface area (Å²) < 4.78 is 13.3. The van der Waals surface area contributed by atoms with Crippen molar-refractivity contribution in [3.8, 4) is 16.9 Å². The average Bonchev–Trinajstić information content (AvgIpc) is 3.12. The van der Waals surface area contributed by atoms with Gasteiger partial charge in [-0.3, -0.25) is 9.48 Å². The highest BCUT2D eigenvalue weighted by Gasteiger charge is 2.28. The third-order valence-corrected chi connectivity index (χ3v) is 5.79. The first-order chi connectivity index (χ1) is 15.2. The molecule has 0 unspecified atom stereocenters. The molecule has 1 amide bonds. The van der Waals surface area contributed by atoms with E-state index in [0.29, 0.717) is 18.9 Å². The number of carboxylic acid groups (broad SMARTS) is 1. The molecule has 1 heterocycles. The number of aryl methyl sites for hydroxylation is 1. The van der Waals surface area contributed by atoms with Gasteiger partial charge in [0.1, 0.15) is 12.4 Å². The largest absolute Gasteiger partial charge is 0.490 e. The SMILES string of the molecule is CC(C)CN(C)C(=O)OCc1c(-c2ccc(O[C@H]3CCC[C@H](C(=O)O)C3)cc2)cnn1C. The predicted molar refractivity (Wildman–Crippen MR) is 120 cm³/mol. The van der Waals surface area contributed by atoms with Crippen LogP contribution in [0.4, 0.5) is 4.79 Å². The van der Waals surface area contributed by atoms with Crippen LogP contribution in [0.15, 0.2) is 30.5 Å². The first-order valence-corrected chi connectivity index (χ1v) is 11.1. The smallest absolute Gasteiger partial charge is 0.409 e. The molecule has 2 atom stereocenters. The Morgan fingerprint density at radius 1 is 1.25 bits per heavy atom. The van der Waals surface area contributed by atoms with E-state index in [1.54, 1.807) is 22.8 Å². The first-order valence-electron chi connectivity index (χ1n) is 11.1. The van der Waals surface area contributed by atoms with Gasteiger partial charge >= 0.3 is 12.1 Å². The molecule has 1 fully saturated rings. The molecule has 1 aromatic carbocycles. The molecule has 0 bridgehead atoms. The van der Waals surface area contributed by atoms with Gasteiger partial charge in [0, 0.05) is 26.2 Å². The summed E-state index contributed by atoms with van der Waals surface area (Å²) in [5, 5.41) is 13.6. The first kappa shape index (κ1) is 23.6. The quantitative estimate of drug-likeness (QED) is 0.653. The van der Waals surface area contributed by atoms with E-state index in [1.165, 1.54) is 0 Å². The van der Waals surface area contributed by atoms with Crippen LogP contribution in [0.2, 0.25) is 0 Å². The van der Waals surface area contributed by atoms with Crippen LogP contribution >= 0.6 is 0 Å². The zero-order valence-corrected chi connectivity index (χ0v) is 19.3. The summed E-state index contributed by atoms with van der Waals surface area (Å²) in [6, 6.07) is 7.66. The molecule has 1 aromatic heterocycles. The standard InChI is InChI=1S/C24H33N3O5/c1-16(2)14-26(3)24(30)31-15-22-21(13-25-27(22)4)17-8-10-19(11-9-17)32-20-7-5-6-18(12-20)23(28)29/h8-11,13,16,18,20H,5-7,12,14-15H2,1-4H3,(H,28,29)/t18-,20-/m0/s1. The minimum Gasteiger partial charge on any atom is -0.490 e. The maximum Gasteiger partial charge on any atom is 0.409 e. The summed E-state index contributed by atoms with van der Waals surface area (Å²) in [6.07, 6.45) is 4.32. The van der Waals surface area contributed by atoms with Gasteiger partial charge in [-0.05, 0) is 49.3 Å². The molecule has 32 heavy (non-hydrogen) atoms. The van der Waals surface area contributed by atoms with Crippen LogP contribution in [0.5, 0.6) is 5.75 Å². The number of carbonyl (C=O) groups is 2. The molecule has 174 valence electrons. The van der Waals surface area contributed by atoms with Crippen molar-refractivity contribution in [1.82, 2.24) is 14.7 Å². The van der Waals surface area contributed by atoms with E-state index in [9.17, 15) is 14.7 Å². The fourth-order valence-corrected chi connectivity index (χ4v) is 4.12. The van der Waals surface area contributed by atoms with Crippen molar-refractivity contribution in [3.05, 3.63) is 36.2 Å². The minimum atomic E-state index is -0.742. The molecule has 0 aliphatic heterocycles. The highest BCUT2D eigenvalue weighted by molar-refractivity contribution is 5.70. The summed E-state index contributed by atoms with van der Waals surface area (Å²) >= 11 is 0. The summed E-state index contributed by atoms with van der Waals surface area (Å²) in [6.45, 7) is 4.86. The lowest BCUT2D eigenvalue weighted by Gasteiger charge is -2.27. The normalized spacial score (nSPS) is 18.4. The Balaban J connectivity index is 1.64. The number of rotatable bonds is 8. The van der Waals surface area contributed by atoms with Gasteiger partial charge < -0.3 is 19.5 Å². The molecule has 1 saturated carbocycles. The van der Waals surface area contributed by atoms with Crippen LogP contribution in [0.25, 0.3) is 11.1 Å². The van der Waals surface area contributed by atoms with Gasteiger partial charge in [-0.15, -0.1) is 0 Å². The molecular weight excluding hydrogens is 410 g/mol. The molecule has 0 spiro atoms. The molecular formula is C24H33N3O5. The second-order valence-electron chi connectivity index (χ2n) is 8.92. The van der Waals surface area contributed by atoms with Gasteiger partial charge in [0.15, 0.2) is 0 Å². The van der Waals surface area contributed by atoms with Gasteiger partial charge in [-0.25, -0.2) is 4.79 Å². The van der Waals surface area contributed by atoms with Gasteiger partial charge in [0.05, 0.1) is 23.9 Å². The molecule has 2 aromatic rings. The number of ether oxygens (including phenoxy) is 2. The number of aliphatic carboxylic acids is 1. The van der Waals surface area contributed by atoms with Crippen molar-refractivity contribution in [3.63, 3.8) is 0 Å². The second kappa shape index (κ2) is 10.5. The van der Waals surface area contributed by atoms with Gasteiger partial charge in [0.2, 0.25) is 0 Å². The fraction of sp³-hybridized carbons (Fsp3) is 0.542. The van der Waals surface area contributed by atoms with Crippen molar-refractivity contribution in [2.45, 2.75) is 52.2 Å². The number of benzene rings is 1. The Bertz CT molecular complexity index is 922. The maximum absolute atomic E-state index is 12.3. The third-order valence-electron chi connectivity index (χ3n) is 5.79. The van der Waals surface area contributed by atoms with E-state index < -0.39 is 5.97 Å². The monoisotopic (exact) mass is 443 g/mol. The fourth-order valence-electron chi connectivity index (χ4n) is 4.12. The molecule has 0 saturated heterocycles. The van der Waals surface area contributed by atoms with Crippen molar-refractivity contribution in [2.24, 2.45) is 18.9 Å². The predicted octanol–water partition coefficient (Wildman–Crippen LogP) is 4.33. The minimum absolute atomic E-state index is 0.0769. The molecule has 1 N–H and O–H groups in total. The van der Waals surface area contributed by atoms with Crippen molar-refractivity contribution in [1.29, 1.82) is 0 Å². The molecule has 8 heteroatoms. The van der Waals surface area contributed by atoms with E-state index in [2.05, 4.69) is 18.9 Å². The van der Waals surface area contributed by atoms with Crippen molar-refractivity contribution in [2.75, 3.05) is 13.6 Å². The summed E-state index contributed by atoms with van der Waals surface area (Å²) in [4.78, 5) is 25.1.